The van der Waals surface area contributed by atoms with Crippen molar-refractivity contribution in [3.05, 3.63) is 47.5 Å². The fraction of sp³-hybridized carbons (Fsp3) is 0.524. The minimum Gasteiger partial charge on any atom is -0.493 e. The van der Waals surface area contributed by atoms with E-state index in [1.165, 1.54) is 12.1 Å². The quantitative estimate of drug-likeness (QED) is 0.769. The third kappa shape index (κ3) is 5.13. The Morgan fingerprint density at radius 2 is 2.14 bits per heavy atom. The van der Waals surface area contributed by atoms with Crippen LogP contribution in [-0.4, -0.2) is 71.9 Å². The van der Waals surface area contributed by atoms with E-state index < -0.39 is 0 Å². The summed E-state index contributed by atoms with van der Waals surface area (Å²) in [6.07, 6.45) is 2.56. The molecular formula is C21H27FN4O3. The van der Waals surface area contributed by atoms with E-state index in [1.54, 1.807) is 12.1 Å². The minimum atomic E-state index is -0.311. The molecule has 4 rings (SSSR count). The highest BCUT2D eigenvalue weighted by Gasteiger charge is 2.32. The Hall–Kier alpha value is -2.45. The van der Waals surface area contributed by atoms with Crippen molar-refractivity contribution in [3.63, 3.8) is 0 Å². The van der Waals surface area contributed by atoms with Crippen LogP contribution < -0.4 is 4.74 Å². The lowest BCUT2D eigenvalue weighted by Crippen LogP contribution is -2.44. The number of morpholine rings is 1. The summed E-state index contributed by atoms with van der Waals surface area (Å²) in [6, 6.07) is 8.16. The zero-order chi connectivity index (χ0) is 20.1. The topological polar surface area (TPSA) is 70.7 Å². The van der Waals surface area contributed by atoms with Crippen molar-refractivity contribution in [1.29, 1.82) is 0 Å². The fourth-order valence-corrected chi connectivity index (χ4v) is 3.93. The molecule has 156 valence electrons. The SMILES string of the molecule is O=C(CN1CCOCC1)N1CCC[C@H]1c1cc(CCOc2cccc(F)c2)[nH]n1. The number of halogens is 1. The molecule has 3 heterocycles. The summed E-state index contributed by atoms with van der Waals surface area (Å²) < 4.78 is 24.2. The van der Waals surface area contributed by atoms with E-state index in [0.717, 1.165) is 43.9 Å². The second-order valence-corrected chi connectivity index (χ2v) is 7.51. The summed E-state index contributed by atoms with van der Waals surface area (Å²) in [6.45, 7) is 4.64. The molecule has 2 aromatic rings. The Kier molecular flexibility index (Phi) is 6.41. The first-order chi connectivity index (χ1) is 14.2. The Labute approximate surface area is 169 Å². The number of carbonyl (C=O) groups excluding carboxylic acids is 1. The Balaban J connectivity index is 1.31. The van der Waals surface area contributed by atoms with Gasteiger partial charge >= 0.3 is 0 Å². The maximum Gasteiger partial charge on any atom is 0.237 e. The molecule has 2 aliphatic heterocycles. The van der Waals surface area contributed by atoms with Crippen molar-refractivity contribution >= 4 is 5.91 Å². The predicted molar refractivity (Wildman–Crippen MR) is 105 cm³/mol. The van der Waals surface area contributed by atoms with Crippen LogP contribution in [0.2, 0.25) is 0 Å². The second-order valence-electron chi connectivity index (χ2n) is 7.51. The lowest BCUT2D eigenvalue weighted by molar-refractivity contribution is -0.134. The Morgan fingerprint density at radius 1 is 1.28 bits per heavy atom. The summed E-state index contributed by atoms with van der Waals surface area (Å²) in [4.78, 5) is 16.9. The van der Waals surface area contributed by atoms with Crippen molar-refractivity contribution in [2.75, 3.05) is 46.0 Å². The first kappa shape index (κ1) is 19.8. The standard InChI is InChI=1S/C21H27FN4O3/c22-16-3-1-4-18(13-16)29-10-6-17-14-19(24-23-17)20-5-2-7-26(20)21(27)15-25-8-11-28-12-9-25/h1,3-4,13-14,20H,2,5-12,15H2,(H,23,24)/t20-/m0/s1. The number of hydrogen-bond acceptors (Lipinski definition) is 5. The van der Waals surface area contributed by atoms with Crippen LogP contribution >= 0.6 is 0 Å². The van der Waals surface area contributed by atoms with Crippen LogP contribution in [0.1, 0.15) is 30.3 Å². The second kappa shape index (κ2) is 9.37. The number of amides is 1. The largest absolute Gasteiger partial charge is 0.493 e. The molecule has 1 aromatic heterocycles. The lowest BCUT2D eigenvalue weighted by atomic mass is 10.1. The van der Waals surface area contributed by atoms with E-state index in [-0.39, 0.29) is 17.8 Å². The average molecular weight is 402 g/mol. The molecule has 1 aromatic carbocycles. The van der Waals surface area contributed by atoms with Crippen LogP contribution in [0.15, 0.2) is 30.3 Å². The van der Waals surface area contributed by atoms with E-state index in [4.69, 9.17) is 9.47 Å². The molecule has 1 amide bonds. The molecule has 2 aliphatic rings. The lowest BCUT2D eigenvalue weighted by Gasteiger charge is -2.30. The predicted octanol–water partition coefficient (Wildman–Crippen LogP) is 2.17. The molecule has 0 unspecified atom stereocenters. The molecule has 8 heteroatoms. The third-order valence-electron chi connectivity index (χ3n) is 5.46. The van der Waals surface area contributed by atoms with E-state index >= 15 is 0 Å². The van der Waals surface area contributed by atoms with Crippen molar-refractivity contribution in [3.8, 4) is 5.75 Å². The molecule has 2 fully saturated rings. The van der Waals surface area contributed by atoms with E-state index in [2.05, 4.69) is 15.1 Å². The number of nitrogens with one attached hydrogen (secondary N) is 1. The number of H-pyrrole nitrogens is 1. The number of ether oxygens (including phenoxy) is 2. The van der Waals surface area contributed by atoms with Crippen molar-refractivity contribution in [2.24, 2.45) is 0 Å². The van der Waals surface area contributed by atoms with Gasteiger partial charge in [-0.25, -0.2) is 4.39 Å². The number of nitrogens with zero attached hydrogens (tertiary/aromatic N) is 3. The molecular weight excluding hydrogens is 375 g/mol. The van der Waals surface area contributed by atoms with Crippen LogP contribution in [-0.2, 0) is 16.0 Å². The van der Waals surface area contributed by atoms with E-state index in [1.807, 2.05) is 11.0 Å². The van der Waals surface area contributed by atoms with Gasteiger partial charge in [-0.2, -0.15) is 5.10 Å². The van der Waals surface area contributed by atoms with Gasteiger partial charge in [-0.15, -0.1) is 0 Å². The third-order valence-corrected chi connectivity index (χ3v) is 5.46. The number of aromatic amines is 1. The van der Waals surface area contributed by atoms with Gasteiger partial charge in [0.25, 0.3) is 0 Å². The summed E-state index contributed by atoms with van der Waals surface area (Å²) in [5.74, 6) is 0.364. The highest BCUT2D eigenvalue weighted by Crippen LogP contribution is 2.31. The molecule has 1 atom stereocenters. The summed E-state index contributed by atoms with van der Waals surface area (Å²) in [7, 11) is 0. The van der Waals surface area contributed by atoms with Crippen molar-refractivity contribution < 1.29 is 18.7 Å². The molecule has 0 radical (unpaired) electrons. The van der Waals surface area contributed by atoms with Crippen LogP contribution in [0.5, 0.6) is 5.75 Å². The van der Waals surface area contributed by atoms with Gasteiger partial charge in [-0.3, -0.25) is 14.8 Å². The average Bonchev–Trinajstić information content (AvgIpc) is 3.38. The number of hydrogen-bond donors (Lipinski definition) is 1. The first-order valence-corrected chi connectivity index (χ1v) is 10.2. The van der Waals surface area contributed by atoms with Gasteiger partial charge in [-0.1, -0.05) is 6.07 Å². The fourth-order valence-electron chi connectivity index (χ4n) is 3.93. The summed E-state index contributed by atoms with van der Waals surface area (Å²) >= 11 is 0. The molecule has 0 saturated carbocycles. The zero-order valence-electron chi connectivity index (χ0n) is 16.5. The number of benzene rings is 1. The van der Waals surface area contributed by atoms with Crippen LogP contribution in [0.4, 0.5) is 4.39 Å². The molecule has 7 nitrogen and oxygen atoms in total. The van der Waals surface area contributed by atoms with Crippen LogP contribution in [0, 0.1) is 5.82 Å². The number of carbonyl (C=O) groups is 1. The molecule has 2 saturated heterocycles. The molecule has 1 N–H and O–H groups in total. The van der Waals surface area contributed by atoms with Crippen molar-refractivity contribution in [1.82, 2.24) is 20.0 Å². The van der Waals surface area contributed by atoms with E-state index in [0.29, 0.717) is 38.5 Å². The van der Waals surface area contributed by atoms with Crippen LogP contribution in [0.25, 0.3) is 0 Å². The molecule has 0 aliphatic carbocycles. The minimum absolute atomic E-state index is 0.0256. The summed E-state index contributed by atoms with van der Waals surface area (Å²) in [5.41, 5.74) is 1.85. The maximum atomic E-state index is 13.2. The van der Waals surface area contributed by atoms with Gasteiger partial charge in [0.2, 0.25) is 5.91 Å². The Bertz CT molecular complexity index is 822. The number of likely N-dealkylation sites (tertiary alicyclic amines) is 1. The zero-order valence-corrected chi connectivity index (χ0v) is 16.5. The molecule has 29 heavy (non-hydrogen) atoms. The smallest absolute Gasteiger partial charge is 0.237 e. The molecule has 0 spiro atoms. The molecule has 0 bridgehead atoms. The van der Waals surface area contributed by atoms with Gasteiger partial charge < -0.3 is 14.4 Å². The van der Waals surface area contributed by atoms with Gasteiger partial charge in [0.05, 0.1) is 38.1 Å². The van der Waals surface area contributed by atoms with Gasteiger partial charge in [-0.05, 0) is 31.0 Å². The Morgan fingerprint density at radius 3 is 2.97 bits per heavy atom. The van der Waals surface area contributed by atoms with Crippen molar-refractivity contribution in [2.45, 2.75) is 25.3 Å². The first-order valence-electron chi connectivity index (χ1n) is 10.2. The maximum absolute atomic E-state index is 13.2. The summed E-state index contributed by atoms with van der Waals surface area (Å²) in [5, 5.41) is 7.50. The highest BCUT2D eigenvalue weighted by molar-refractivity contribution is 5.79. The monoisotopic (exact) mass is 402 g/mol. The number of rotatable bonds is 7. The normalized spacial score (nSPS) is 20.2. The van der Waals surface area contributed by atoms with Crippen LogP contribution in [0.3, 0.4) is 0 Å². The van der Waals surface area contributed by atoms with E-state index in [9.17, 15) is 9.18 Å². The highest BCUT2D eigenvalue weighted by atomic mass is 19.1. The van der Waals surface area contributed by atoms with Gasteiger partial charge in [0, 0.05) is 37.8 Å². The van der Waals surface area contributed by atoms with Gasteiger partial charge in [0.15, 0.2) is 0 Å². The number of aromatic nitrogens is 2. The van der Waals surface area contributed by atoms with Gasteiger partial charge in [0.1, 0.15) is 11.6 Å².